The second-order valence-electron chi connectivity index (χ2n) is 5.26. The molecule has 1 aromatic carbocycles. The number of nitrogens with two attached hydrogens (primary N) is 1. The molecule has 0 aliphatic rings. The van der Waals surface area contributed by atoms with Crippen LogP contribution in [0.15, 0.2) is 18.2 Å². The van der Waals surface area contributed by atoms with Crippen LogP contribution in [0.5, 0.6) is 0 Å². The van der Waals surface area contributed by atoms with Gasteiger partial charge < -0.3 is 5.73 Å². The average molecular weight is 191 g/mol. The van der Waals surface area contributed by atoms with Gasteiger partial charge in [0.1, 0.15) is 0 Å². The third-order valence-electron chi connectivity index (χ3n) is 2.54. The van der Waals surface area contributed by atoms with E-state index in [1.54, 1.807) is 0 Å². The lowest BCUT2D eigenvalue weighted by molar-refractivity contribution is 0.327. The van der Waals surface area contributed by atoms with Crippen molar-refractivity contribution in [2.24, 2.45) is 11.1 Å². The van der Waals surface area contributed by atoms with Gasteiger partial charge in [0.2, 0.25) is 0 Å². The molecule has 0 saturated heterocycles. The highest BCUT2D eigenvalue weighted by Gasteiger charge is 2.22. The van der Waals surface area contributed by atoms with Gasteiger partial charge in [0.05, 0.1) is 0 Å². The van der Waals surface area contributed by atoms with E-state index in [0.29, 0.717) is 0 Å². The van der Waals surface area contributed by atoms with Crippen molar-refractivity contribution in [1.82, 2.24) is 0 Å². The van der Waals surface area contributed by atoms with Crippen LogP contribution in [0, 0.1) is 19.3 Å². The van der Waals surface area contributed by atoms with Gasteiger partial charge in [0, 0.05) is 6.04 Å². The molecule has 0 bridgehead atoms. The first-order valence-corrected chi connectivity index (χ1v) is 5.14. The van der Waals surface area contributed by atoms with Crippen molar-refractivity contribution in [2.45, 2.75) is 40.7 Å². The molecular formula is C13H21N. The fourth-order valence-electron chi connectivity index (χ4n) is 1.69. The Morgan fingerprint density at radius 2 is 1.43 bits per heavy atom. The molecule has 0 saturated carbocycles. The molecule has 1 aromatic rings. The highest BCUT2D eigenvalue weighted by molar-refractivity contribution is 5.31. The monoisotopic (exact) mass is 191 g/mol. The van der Waals surface area contributed by atoms with E-state index < -0.39 is 0 Å². The molecule has 0 unspecified atom stereocenters. The summed E-state index contributed by atoms with van der Waals surface area (Å²) in [6.07, 6.45) is 0. The zero-order valence-corrected chi connectivity index (χ0v) is 9.89. The fraction of sp³-hybridized carbons (Fsp3) is 0.538. The molecule has 0 aliphatic carbocycles. The number of hydrogen-bond donors (Lipinski definition) is 1. The third-order valence-corrected chi connectivity index (χ3v) is 2.54. The quantitative estimate of drug-likeness (QED) is 0.723. The summed E-state index contributed by atoms with van der Waals surface area (Å²) < 4.78 is 0. The number of benzene rings is 1. The first-order chi connectivity index (χ1) is 6.30. The van der Waals surface area contributed by atoms with E-state index in [9.17, 15) is 0 Å². The summed E-state index contributed by atoms with van der Waals surface area (Å²) in [5.41, 5.74) is 10.2. The van der Waals surface area contributed by atoms with E-state index in [4.69, 9.17) is 5.73 Å². The second-order valence-corrected chi connectivity index (χ2v) is 5.26. The summed E-state index contributed by atoms with van der Waals surface area (Å²) in [4.78, 5) is 0. The van der Waals surface area contributed by atoms with Crippen LogP contribution in [0.2, 0.25) is 0 Å². The van der Waals surface area contributed by atoms with Crippen LogP contribution in [-0.4, -0.2) is 0 Å². The minimum absolute atomic E-state index is 0.112. The Labute approximate surface area is 87.3 Å². The molecule has 1 nitrogen and oxygen atoms in total. The second kappa shape index (κ2) is 3.74. The summed E-state index contributed by atoms with van der Waals surface area (Å²) >= 11 is 0. The fourth-order valence-corrected chi connectivity index (χ4v) is 1.69. The molecule has 0 amide bonds. The van der Waals surface area contributed by atoms with Crippen molar-refractivity contribution in [3.8, 4) is 0 Å². The standard InChI is InChI=1S/C13H21N/c1-9-6-10(2)8-11(7-9)12(14)13(3,4)5/h6-8,12H,14H2,1-5H3/t12-/m1/s1. The molecule has 1 heteroatoms. The van der Waals surface area contributed by atoms with Crippen molar-refractivity contribution in [3.05, 3.63) is 34.9 Å². The Morgan fingerprint density at radius 1 is 1.00 bits per heavy atom. The van der Waals surface area contributed by atoms with Crippen LogP contribution in [0.4, 0.5) is 0 Å². The highest BCUT2D eigenvalue weighted by Crippen LogP contribution is 2.31. The van der Waals surface area contributed by atoms with Gasteiger partial charge in [-0.05, 0) is 24.8 Å². The normalized spacial score (nSPS) is 14.1. The molecule has 78 valence electrons. The molecule has 1 atom stereocenters. The van der Waals surface area contributed by atoms with Gasteiger partial charge >= 0.3 is 0 Å². The van der Waals surface area contributed by atoms with Crippen molar-refractivity contribution in [2.75, 3.05) is 0 Å². The van der Waals surface area contributed by atoms with Gasteiger partial charge in [-0.1, -0.05) is 50.1 Å². The topological polar surface area (TPSA) is 26.0 Å². The highest BCUT2D eigenvalue weighted by atomic mass is 14.7. The zero-order chi connectivity index (χ0) is 10.9. The summed E-state index contributed by atoms with van der Waals surface area (Å²) in [6, 6.07) is 6.66. The van der Waals surface area contributed by atoms with Gasteiger partial charge in [0.25, 0.3) is 0 Å². The van der Waals surface area contributed by atoms with E-state index in [1.807, 2.05) is 0 Å². The maximum atomic E-state index is 6.21. The van der Waals surface area contributed by atoms with Crippen LogP contribution >= 0.6 is 0 Å². The molecular weight excluding hydrogens is 170 g/mol. The maximum Gasteiger partial charge on any atom is 0.0344 e. The van der Waals surface area contributed by atoms with Gasteiger partial charge in [0.15, 0.2) is 0 Å². The first-order valence-electron chi connectivity index (χ1n) is 5.14. The Morgan fingerprint density at radius 3 is 1.79 bits per heavy atom. The molecule has 2 N–H and O–H groups in total. The SMILES string of the molecule is Cc1cc(C)cc([C@@H](N)C(C)(C)C)c1. The van der Waals surface area contributed by atoms with Crippen LogP contribution < -0.4 is 5.73 Å². The van der Waals surface area contributed by atoms with Crippen molar-refractivity contribution in [1.29, 1.82) is 0 Å². The number of rotatable bonds is 1. The minimum Gasteiger partial charge on any atom is -0.324 e. The zero-order valence-electron chi connectivity index (χ0n) is 9.89. The lowest BCUT2D eigenvalue weighted by Gasteiger charge is -2.28. The average Bonchev–Trinajstić information content (AvgIpc) is 1.99. The van der Waals surface area contributed by atoms with Crippen LogP contribution in [0.3, 0.4) is 0 Å². The molecule has 0 fully saturated rings. The van der Waals surface area contributed by atoms with E-state index in [0.717, 1.165) is 0 Å². The van der Waals surface area contributed by atoms with Gasteiger partial charge in [-0.15, -0.1) is 0 Å². The van der Waals surface area contributed by atoms with Crippen molar-refractivity contribution in [3.63, 3.8) is 0 Å². The molecule has 0 aliphatic heterocycles. The molecule has 0 aromatic heterocycles. The smallest absolute Gasteiger partial charge is 0.0344 e. The minimum atomic E-state index is 0.112. The Bertz CT molecular complexity index is 300. The van der Waals surface area contributed by atoms with E-state index in [-0.39, 0.29) is 11.5 Å². The summed E-state index contributed by atoms with van der Waals surface area (Å²) in [6.45, 7) is 10.8. The summed E-state index contributed by atoms with van der Waals surface area (Å²) in [5, 5.41) is 0. The summed E-state index contributed by atoms with van der Waals surface area (Å²) in [5.74, 6) is 0. The molecule has 0 spiro atoms. The van der Waals surface area contributed by atoms with Crippen LogP contribution in [0.1, 0.15) is 43.5 Å². The Balaban J connectivity index is 3.07. The van der Waals surface area contributed by atoms with Gasteiger partial charge in [-0.25, -0.2) is 0 Å². The Hall–Kier alpha value is -0.820. The summed E-state index contributed by atoms with van der Waals surface area (Å²) in [7, 11) is 0. The van der Waals surface area contributed by atoms with Crippen LogP contribution in [0.25, 0.3) is 0 Å². The first kappa shape index (κ1) is 11.3. The van der Waals surface area contributed by atoms with Gasteiger partial charge in [-0.3, -0.25) is 0 Å². The largest absolute Gasteiger partial charge is 0.324 e. The van der Waals surface area contributed by atoms with Crippen molar-refractivity contribution < 1.29 is 0 Å². The van der Waals surface area contributed by atoms with Crippen LogP contribution in [-0.2, 0) is 0 Å². The Kier molecular flexibility index (Phi) is 3.01. The maximum absolute atomic E-state index is 6.21. The van der Waals surface area contributed by atoms with Gasteiger partial charge in [-0.2, -0.15) is 0 Å². The third kappa shape index (κ3) is 2.58. The number of aryl methyl sites for hydroxylation is 2. The number of hydrogen-bond acceptors (Lipinski definition) is 1. The molecule has 14 heavy (non-hydrogen) atoms. The van der Waals surface area contributed by atoms with E-state index in [1.165, 1.54) is 16.7 Å². The lowest BCUT2D eigenvalue weighted by Crippen LogP contribution is -2.26. The lowest BCUT2D eigenvalue weighted by atomic mass is 9.82. The molecule has 0 heterocycles. The molecule has 0 radical (unpaired) electrons. The van der Waals surface area contributed by atoms with Crippen molar-refractivity contribution >= 4 is 0 Å². The van der Waals surface area contributed by atoms with E-state index >= 15 is 0 Å². The predicted molar refractivity (Wildman–Crippen MR) is 62.3 cm³/mol. The predicted octanol–water partition coefficient (Wildman–Crippen LogP) is 3.35. The van der Waals surface area contributed by atoms with E-state index in [2.05, 4.69) is 52.8 Å². The molecule has 1 rings (SSSR count).